The van der Waals surface area contributed by atoms with E-state index in [2.05, 4.69) is 13.0 Å². The number of nitriles is 1. The van der Waals surface area contributed by atoms with Crippen LogP contribution in [0.3, 0.4) is 0 Å². The maximum Gasteiger partial charge on any atom is 0.0693 e. The Balaban J connectivity index is 2.11. The molecule has 0 amide bonds. The lowest BCUT2D eigenvalue weighted by molar-refractivity contribution is 0.205. The lowest BCUT2D eigenvalue weighted by Gasteiger charge is -2.34. The van der Waals surface area contributed by atoms with Crippen molar-refractivity contribution in [3.63, 3.8) is 0 Å². The van der Waals surface area contributed by atoms with E-state index in [1.807, 2.05) is 18.2 Å². The standard InChI is InChI=1S/C16H19Cl2N/c1-2-12-5-7-16(11-19,8-6-12)10-13-3-4-14(17)15(18)9-13/h3-4,9,12H,2,5-8,10H2,1H3. The van der Waals surface area contributed by atoms with Gasteiger partial charge in [-0.05, 0) is 55.7 Å². The number of nitrogens with zero attached hydrogens (tertiary/aromatic N) is 1. The van der Waals surface area contributed by atoms with Crippen LogP contribution in [0.2, 0.25) is 10.0 Å². The fourth-order valence-corrected chi connectivity index (χ4v) is 3.33. The van der Waals surface area contributed by atoms with Gasteiger partial charge in [-0.15, -0.1) is 0 Å². The van der Waals surface area contributed by atoms with Crippen LogP contribution in [0.15, 0.2) is 18.2 Å². The predicted octanol–water partition coefficient (Wildman–Crippen LogP) is 5.65. The highest BCUT2D eigenvalue weighted by atomic mass is 35.5. The van der Waals surface area contributed by atoms with Crippen LogP contribution >= 0.6 is 23.2 Å². The van der Waals surface area contributed by atoms with Crippen molar-refractivity contribution in [2.24, 2.45) is 11.3 Å². The molecular weight excluding hydrogens is 277 g/mol. The molecule has 3 heteroatoms. The molecule has 1 saturated carbocycles. The Hall–Kier alpha value is -0.710. The van der Waals surface area contributed by atoms with Crippen molar-refractivity contribution in [1.82, 2.24) is 0 Å². The monoisotopic (exact) mass is 295 g/mol. The number of rotatable bonds is 3. The van der Waals surface area contributed by atoms with Crippen molar-refractivity contribution in [3.05, 3.63) is 33.8 Å². The number of hydrogen-bond donors (Lipinski definition) is 0. The fraction of sp³-hybridized carbons (Fsp3) is 0.562. The minimum Gasteiger partial charge on any atom is -0.198 e. The molecule has 19 heavy (non-hydrogen) atoms. The Labute approximate surface area is 125 Å². The first kappa shape index (κ1) is 14.7. The largest absolute Gasteiger partial charge is 0.198 e. The van der Waals surface area contributed by atoms with Gasteiger partial charge in [-0.25, -0.2) is 0 Å². The number of benzene rings is 1. The van der Waals surface area contributed by atoms with E-state index in [-0.39, 0.29) is 5.41 Å². The first-order chi connectivity index (χ1) is 9.08. The number of halogens is 2. The fourth-order valence-electron chi connectivity index (χ4n) is 3.01. The van der Waals surface area contributed by atoms with Gasteiger partial charge < -0.3 is 0 Å². The molecule has 1 fully saturated rings. The molecule has 0 aromatic heterocycles. The first-order valence-electron chi connectivity index (χ1n) is 6.94. The minimum absolute atomic E-state index is 0.206. The van der Waals surface area contributed by atoms with Crippen LogP contribution in [0.1, 0.15) is 44.6 Å². The first-order valence-corrected chi connectivity index (χ1v) is 7.69. The lowest BCUT2D eigenvalue weighted by atomic mass is 9.68. The molecule has 0 atom stereocenters. The maximum absolute atomic E-state index is 9.58. The van der Waals surface area contributed by atoms with E-state index in [1.165, 1.54) is 19.3 Å². The number of hydrogen-bond acceptors (Lipinski definition) is 1. The van der Waals surface area contributed by atoms with E-state index in [4.69, 9.17) is 23.2 Å². The van der Waals surface area contributed by atoms with E-state index >= 15 is 0 Å². The second-order valence-electron chi connectivity index (χ2n) is 5.67. The summed E-state index contributed by atoms with van der Waals surface area (Å²) in [6.07, 6.45) is 6.37. The van der Waals surface area contributed by atoms with Crippen molar-refractivity contribution in [2.75, 3.05) is 0 Å². The molecule has 0 heterocycles. The van der Waals surface area contributed by atoms with Crippen LogP contribution in [0.4, 0.5) is 0 Å². The Morgan fingerprint density at radius 1 is 1.26 bits per heavy atom. The van der Waals surface area contributed by atoms with Gasteiger partial charge in [0.1, 0.15) is 0 Å². The summed E-state index contributed by atoms with van der Waals surface area (Å²) in [4.78, 5) is 0. The van der Waals surface area contributed by atoms with Gasteiger partial charge in [0, 0.05) is 0 Å². The molecule has 0 bridgehead atoms. The second-order valence-corrected chi connectivity index (χ2v) is 6.48. The molecule has 1 nitrogen and oxygen atoms in total. The highest BCUT2D eigenvalue weighted by Gasteiger charge is 2.35. The summed E-state index contributed by atoms with van der Waals surface area (Å²) in [6, 6.07) is 8.27. The van der Waals surface area contributed by atoms with Gasteiger partial charge in [-0.3, -0.25) is 0 Å². The summed E-state index contributed by atoms with van der Waals surface area (Å²) in [7, 11) is 0. The third kappa shape index (κ3) is 3.44. The average molecular weight is 296 g/mol. The normalized spacial score (nSPS) is 26.9. The third-order valence-electron chi connectivity index (χ3n) is 4.40. The van der Waals surface area contributed by atoms with Crippen molar-refractivity contribution >= 4 is 23.2 Å². The van der Waals surface area contributed by atoms with Crippen LogP contribution in [0.25, 0.3) is 0 Å². The summed E-state index contributed by atoms with van der Waals surface area (Å²) in [6.45, 7) is 2.24. The molecule has 2 rings (SSSR count). The molecule has 0 aliphatic heterocycles. The molecule has 1 aromatic carbocycles. The summed E-state index contributed by atoms with van der Waals surface area (Å²) in [5.74, 6) is 0.801. The predicted molar refractivity (Wildman–Crippen MR) is 80.5 cm³/mol. The van der Waals surface area contributed by atoms with Crippen molar-refractivity contribution in [1.29, 1.82) is 5.26 Å². The summed E-state index contributed by atoms with van der Waals surface area (Å²) in [5.41, 5.74) is 0.911. The summed E-state index contributed by atoms with van der Waals surface area (Å²) in [5, 5.41) is 10.7. The van der Waals surface area contributed by atoms with Crippen LogP contribution in [-0.2, 0) is 6.42 Å². The quantitative estimate of drug-likeness (QED) is 0.707. The van der Waals surface area contributed by atoms with E-state index < -0.39 is 0 Å². The third-order valence-corrected chi connectivity index (χ3v) is 5.14. The molecule has 1 aliphatic carbocycles. The Bertz CT molecular complexity index is 482. The smallest absolute Gasteiger partial charge is 0.0693 e. The van der Waals surface area contributed by atoms with Crippen molar-refractivity contribution < 1.29 is 0 Å². The van der Waals surface area contributed by atoms with E-state index in [0.29, 0.717) is 10.0 Å². The van der Waals surface area contributed by atoms with Gasteiger partial charge in [-0.1, -0.05) is 42.6 Å². The molecule has 0 unspecified atom stereocenters. The molecule has 1 aliphatic rings. The molecule has 0 N–H and O–H groups in total. The molecular formula is C16H19Cl2N. The van der Waals surface area contributed by atoms with Crippen LogP contribution < -0.4 is 0 Å². The zero-order chi connectivity index (χ0) is 13.9. The SMILES string of the molecule is CCC1CCC(C#N)(Cc2ccc(Cl)c(Cl)c2)CC1. The van der Waals surface area contributed by atoms with Crippen LogP contribution in [-0.4, -0.2) is 0 Å². The maximum atomic E-state index is 9.58. The lowest BCUT2D eigenvalue weighted by Crippen LogP contribution is -2.28. The van der Waals surface area contributed by atoms with E-state index in [1.54, 1.807) is 0 Å². The Morgan fingerprint density at radius 3 is 2.47 bits per heavy atom. The minimum atomic E-state index is -0.206. The highest BCUT2D eigenvalue weighted by molar-refractivity contribution is 6.42. The van der Waals surface area contributed by atoms with E-state index in [9.17, 15) is 5.26 Å². The van der Waals surface area contributed by atoms with Gasteiger partial charge in [0.2, 0.25) is 0 Å². The van der Waals surface area contributed by atoms with E-state index in [0.717, 1.165) is 30.7 Å². The van der Waals surface area contributed by atoms with Crippen molar-refractivity contribution in [3.8, 4) is 6.07 Å². The molecule has 0 saturated heterocycles. The summed E-state index contributed by atoms with van der Waals surface area (Å²) < 4.78 is 0. The van der Waals surface area contributed by atoms with Gasteiger partial charge in [0.25, 0.3) is 0 Å². The molecule has 0 radical (unpaired) electrons. The highest BCUT2D eigenvalue weighted by Crippen LogP contribution is 2.42. The van der Waals surface area contributed by atoms with Crippen molar-refractivity contribution in [2.45, 2.75) is 45.4 Å². The van der Waals surface area contributed by atoms with Crippen LogP contribution in [0.5, 0.6) is 0 Å². The topological polar surface area (TPSA) is 23.8 Å². The Morgan fingerprint density at radius 2 is 1.95 bits per heavy atom. The molecule has 0 spiro atoms. The van der Waals surface area contributed by atoms with Crippen LogP contribution in [0, 0.1) is 22.7 Å². The van der Waals surface area contributed by atoms with Gasteiger partial charge in [0.05, 0.1) is 21.5 Å². The zero-order valence-electron chi connectivity index (χ0n) is 11.3. The summed E-state index contributed by atoms with van der Waals surface area (Å²) >= 11 is 12.0. The van der Waals surface area contributed by atoms with Gasteiger partial charge in [0.15, 0.2) is 0 Å². The van der Waals surface area contributed by atoms with Gasteiger partial charge in [-0.2, -0.15) is 5.26 Å². The Kier molecular flexibility index (Phi) is 4.76. The molecule has 102 valence electrons. The average Bonchev–Trinajstić information content (AvgIpc) is 2.44. The van der Waals surface area contributed by atoms with Gasteiger partial charge >= 0.3 is 0 Å². The second kappa shape index (κ2) is 6.16. The molecule has 1 aromatic rings. The zero-order valence-corrected chi connectivity index (χ0v) is 12.8.